The predicted molar refractivity (Wildman–Crippen MR) is 81.2 cm³/mol. The number of hydrogen-bond donors (Lipinski definition) is 3. The first-order valence-electron chi connectivity index (χ1n) is 7.02. The predicted octanol–water partition coefficient (Wildman–Crippen LogP) is 1.66. The Balaban J connectivity index is 1.91. The van der Waals surface area contributed by atoms with Gasteiger partial charge < -0.3 is 24.8 Å². The number of Topliss-reactive ketones (excluding diaryl/α,β-unsaturated/α-hetero) is 1. The highest BCUT2D eigenvalue weighted by molar-refractivity contribution is 6.05. The van der Waals surface area contributed by atoms with E-state index in [0.717, 1.165) is 0 Å². The van der Waals surface area contributed by atoms with Crippen LogP contribution in [0.5, 0.6) is 23.0 Å². The number of carbonyl (C=O) groups excluding carboxylic acids is 1. The number of rotatable bonds is 3. The van der Waals surface area contributed by atoms with E-state index in [2.05, 4.69) is 0 Å². The molecule has 1 heterocycles. The largest absolute Gasteiger partial charge is 0.508 e. The van der Waals surface area contributed by atoms with Crippen molar-refractivity contribution in [3.63, 3.8) is 0 Å². The lowest BCUT2D eigenvalue weighted by Crippen LogP contribution is -2.49. The summed E-state index contributed by atoms with van der Waals surface area (Å²) in [4.78, 5) is 12.6. The topological polar surface area (TPSA) is 96.2 Å². The molecule has 0 spiro atoms. The van der Waals surface area contributed by atoms with E-state index in [1.54, 1.807) is 12.1 Å². The molecule has 0 aliphatic carbocycles. The fraction of sp³-hybridized carbons (Fsp3) is 0.235. The summed E-state index contributed by atoms with van der Waals surface area (Å²) in [5, 5.41) is 29.7. The van der Waals surface area contributed by atoms with Crippen LogP contribution >= 0.6 is 0 Å². The van der Waals surface area contributed by atoms with Crippen molar-refractivity contribution >= 4 is 5.78 Å². The van der Waals surface area contributed by atoms with Gasteiger partial charge in [0.15, 0.2) is 17.1 Å². The number of ketones is 1. The van der Waals surface area contributed by atoms with Crippen LogP contribution in [-0.2, 0) is 6.42 Å². The van der Waals surface area contributed by atoms with Crippen molar-refractivity contribution in [1.82, 2.24) is 0 Å². The van der Waals surface area contributed by atoms with Gasteiger partial charge in [0.2, 0.25) is 5.78 Å². The normalized spacial score (nSPS) is 19.8. The van der Waals surface area contributed by atoms with Crippen LogP contribution in [0.3, 0.4) is 0 Å². The van der Waals surface area contributed by atoms with Gasteiger partial charge in [-0.1, -0.05) is 6.07 Å². The fourth-order valence-corrected chi connectivity index (χ4v) is 2.63. The fourth-order valence-electron chi connectivity index (χ4n) is 2.63. The molecule has 3 rings (SSSR count). The summed E-state index contributed by atoms with van der Waals surface area (Å²) >= 11 is 0. The molecule has 0 radical (unpaired) electrons. The summed E-state index contributed by atoms with van der Waals surface area (Å²) in [5.41, 5.74) is -0.866. The maximum atomic E-state index is 12.6. The summed E-state index contributed by atoms with van der Waals surface area (Å²) in [7, 11) is 1.42. The molecule has 120 valence electrons. The van der Waals surface area contributed by atoms with E-state index in [0.29, 0.717) is 5.56 Å². The molecule has 1 aliphatic rings. The third kappa shape index (κ3) is 2.68. The number of phenols is 2. The van der Waals surface area contributed by atoms with Crippen molar-refractivity contribution in [2.75, 3.05) is 13.7 Å². The van der Waals surface area contributed by atoms with Crippen molar-refractivity contribution < 1.29 is 29.6 Å². The molecule has 0 aromatic heterocycles. The first-order chi connectivity index (χ1) is 10.9. The summed E-state index contributed by atoms with van der Waals surface area (Å²) < 4.78 is 10.5. The van der Waals surface area contributed by atoms with Crippen molar-refractivity contribution in [3.8, 4) is 23.0 Å². The van der Waals surface area contributed by atoms with Gasteiger partial charge in [0, 0.05) is 12.5 Å². The van der Waals surface area contributed by atoms with Crippen LogP contribution in [0.15, 0.2) is 36.4 Å². The SMILES string of the molecule is COc1cc(C[C@@]2(O)COc3cc(O)ccc3C2=O)ccc1O. The van der Waals surface area contributed by atoms with Crippen LogP contribution in [0, 0.1) is 0 Å². The molecule has 2 aromatic rings. The molecule has 1 atom stereocenters. The quantitative estimate of drug-likeness (QED) is 0.797. The van der Waals surface area contributed by atoms with Gasteiger partial charge in [-0.2, -0.15) is 0 Å². The minimum absolute atomic E-state index is 0.00902. The van der Waals surface area contributed by atoms with Crippen molar-refractivity contribution in [2.45, 2.75) is 12.0 Å². The number of aliphatic hydroxyl groups is 1. The van der Waals surface area contributed by atoms with E-state index in [4.69, 9.17) is 9.47 Å². The second-order valence-electron chi connectivity index (χ2n) is 5.51. The van der Waals surface area contributed by atoms with E-state index in [1.165, 1.54) is 31.4 Å². The molecule has 1 aliphatic heterocycles. The Morgan fingerprint density at radius 3 is 2.74 bits per heavy atom. The average molecular weight is 316 g/mol. The zero-order valence-corrected chi connectivity index (χ0v) is 12.4. The minimum Gasteiger partial charge on any atom is -0.508 e. The average Bonchev–Trinajstić information content (AvgIpc) is 2.53. The molecule has 0 amide bonds. The van der Waals surface area contributed by atoms with Gasteiger partial charge in [0.1, 0.15) is 18.1 Å². The second-order valence-corrected chi connectivity index (χ2v) is 5.51. The summed E-state index contributed by atoms with van der Waals surface area (Å²) in [6.45, 7) is -0.217. The van der Waals surface area contributed by atoms with Crippen LogP contribution in [0.25, 0.3) is 0 Å². The van der Waals surface area contributed by atoms with E-state index < -0.39 is 11.4 Å². The minimum atomic E-state index is -1.72. The number of carbonyl (C=O) groups is 1. The van der Waals surface area contributed by atoms with Crippen LogP contribution < -0.4 is 9.47 Å². The molecule has 2 aromatic carbocycles. The van der Waals surface area contributed by atoms with Gasteiger partial charge in [-0.15, -0.1) is 0 Å². The van der Waals surface area contributed by atoms with Gasteiger partial charge in [-0.05, 0) is 29.8 Å². The number of methoxy groups -OCH3 is 1. The lowest BCUT2D eigenvalue weighted by molar-refractivity contribution is -0.00201. The van der Waals surface area contributed by atoms with E-state index in [-0.39, 0.29) is 41.6 Å². The summed E-state index contributed by atoms with van der Waals surface area (Å²) in [6.07, 6.45) is 0.0167. The second kappa shape index (κ2) is 5.48. The Bertz CT molecular complexity index is 770. The highest BCUT2D eigenvalue weighted by Crippen LogP contribution is 2.35. The Kier molecular flexibility index (Phi) is 3.61. The highest BCUT2D eigenvalue weighted by Gasteiger charge is 2.42. The number of hydrogen-bond acceptors (Lipinski definition) is 6. The van der Waals surface area contributed by atoms with Crippen molar-refractivity contribution in [1.29, 1.82) is 0 Å². The van der Waals surface area contributed by atoms with Gasteiger partial charge in [0.05, 0.1) is 12.7 Å². The smallest absolute Gasteiger partial charge is 0.201 e. The van der Waals surface area contributed by atoms with Gasteiger partial charge in [-0.3, -0.25) is 4.79 Å². The monoisotopic (exact) mass is 316 g/mol. The lowest BCUT2D eigenvalue weighted by Gasteiger charge is -2.32. The van der Waals surface area contributed by atoms with Crippen LogP contribution in [0.1, 0.15) is 15.9 Å². The summed E-state index contributed by atoms with van der Waals surface area (Å²) in [6, 6.07) is 8.75. The molecular weight excluding hydrogens is 300 g/mol. The molecule has 0 saturated heterocycles. The Morgan fingerprint density at radius 1 is 1.22 bits per heavy atom. The van der Waals surface area contributed by atoms with Gasteiger partial charge >= 0.3 is 0 Å². The Morgan fingerprint density at radius 2 is 2.00 bits per heavy atom. The lowest BCUT2D eigenvalue weighted by atomic mass is 9.85. The Labute approximate surface area is 132 Å². The molecule has 0 unspecified atom stereocenters. The van der Waals surface area contributed by atoms with Crippen molar-refractivity contribution in [3.05, 3.63) is 47.5 Å². The highest BCUT2D eigenvalue weighted by atomic mass is 16.5. The van der Waals surface area contributed by atoms with E-state index in [1.807, 2.05) is 0 Å². The molecule has 6 heteroatoms. The van der Waals surface area contributed by atoms with E-state index >= 15 is 0 Å². The molecule has 3 N–H and O–H groups in total. The van der Waals surface area contributed by atoms with Gasteiger partial charge in [0.25, 0.3) is 0 Å². The molecule has 0 saturated carbocycles. The Hall–Kier alpha value is -2.73. The third-order valence-corrected chi connectivity index (χ3v) is 3.84. The van der Waals surface area contributed by atoms with Crippen molar-refractivity contribution in [2.24, 2.45) is 0 Å². The molecule has 0 fully saturated rings. The number of ether oxygens (including phenoxy) is 2. The van der Waals surface area contributed by atoms with Crippen LogP contribution in [0.4, 0.5) is 0 Å². The first-order valence-corrected chi connectivity index (χ1v) is 7.02. The third-order valence-electron chi connectivity index (χ3n) is 3.84. The standard InChI is InChI=1S/C17H16O6/c1-22-15-6-10(2-5-13(15)19)8-17(21)9-23-14-7-11(18)3-4-12(14)16(17)20/h2-7,18-19,21H,8-9H2,1H3/t17-/m1/s1. The van der Waals surface area contributed by atoms with Crippen LogP contribution in [0.2, 0.25) is 0 Å². The zero-order valence-electron chi connectivity index (χ0n) is 12.4. The molecular formula is C17H16O6. The zero-order chi connectivity index (χ0) is 16.6. The first kappa shape index (κ1) is 15.2. The molecule has 0 bridgehead atoms. The maximum Gasteiger partial charge on any atom is 0.201 e. The maximum absolute atomic E-state index is 12.6. The van der Waals surface area contributed by atoms with Gasteiger partial charge in [-0.25, -0.2) is 0 Å². The number of phenolic OH excluding ortho intramolecular Hbond substituents is 2. The summed E-state index contributed by atoms with van der Waals surface area (Å²) in [5.74, 6) is 0.0231. The van der Waals surface area contributed by atoms with Crippen LogP contribution in [-0.4, -0.2) is 40.4 Å². The number of benzene rings is 2. The van der Waals surface area contributed by atoms with E-state index in [9.17, 15) is 20.1 Å². The molecule has 23 heavy (non-hydrogen) atoms. The molecule has 6 nitrogen and oxygen atoms in total. The number of fused-ring (bicyclic) bond motifs is 1. The number of aromatic hydroxyl groups is 2.